The molecule has 2 N–H and O–H groups in total. The lowest BCUT2D eigenvalue weighted by Crippen LogP contribution is -2.19. The lowest BCUT2D eigenvalue weighted by molar-refractivity contribution is 0.882. The molecule has 0 aliphatic carbocycles. The molecular formula is C11H12BrN5. The topological polar surface area (TPSA) is 67.9 Å². The zero-order valence-corrected chi connectivity index (χ0v) is 10.9. The first kappa shape index (κ1) is 11.8. The maximum absolute atomic E-state index is 5.71. The van der Waals surface area contributed by atoms with Crippen molar-refractivity contribution in [1.29, 1.82) is 0 Å². The summed E-state index contributed by atoms with van der Waals surface area (Å²) >= 11 is 3.39. The van der Waals surface area contributed by atoms with Crippen molar-refractivity contribution in [3.05, 3.63) is 40.9 Å². The number of nitrogen functional groups attached to an aromatic ring is 1. The number of nitrogens with two attached hydrogens (primary N) is 1. The average Bonchev–Trinajstić information content (AvgIpc) is 2.34. The van der Waals surface area contributed by atoms with Crippen LogP contribution in [0.5, 0.6) is 0 Å². The van der Waals surface area contributed by atoms with Crippen LogP contribution in [0.3, 0.4) is 0 Å². The van der Waals surface area contributed by atoms with Crippen LogP contribution in [0.2, 0.25) is 0 Å². The number of aromatic nitrogens is 3. The van der Waals surface area contributed by atoms with Crippen molar-refractivity contribution in [1.82, 2.24) is 15.0 Å². The van der Waals surface area contributed by atoms with Gasteiger partial charge in [-0.05, 0) is 27.6 Å². The number of halogens is 1. The van der Waals surface area contributed by atoms with E-state index in [0.717, 1.165) is 11.4 Å². The minimum atomic E-state index is 0.438. The summed E-state index contributed by atoms with van der Waals surface area (Å²) in [6.45, 7) is 0.711. The summed E-state index contributed by atoms with van der Waals surface area (Å²) in [5.41, 5.74) is 6.83. The highest BCUT2D eigenvalue weighted by Crippen LogP contribution is 2.27. The molecule has 0 atom stereocenters. The van der Waals surface area contributed by atoms with E-state index in [1.54, 1.807) is 6.20 Å². The Hall–Kier alpha value is -1.69. The van der Waals surface area contributed by atoms with Crippen molar-refractivity contribution in [3.63, 3.8) is 0 Å². The van der Waals surface area contributed by atoms with Gasteiger partial charge in [0.05, 0.1) is 0 Å². The van der Waals surface area contributed by atoms with Gasteiger partial charge in [0.1, 0.15) is 22.4 Å². The Kier molecular flexibility index (Phi) is 3.53. The van der Waals surface area contributed by atoms with Crippen LogP contribution in [-0.2, 0) is 6.54 Å². The zero-order chi connectivity index (χ0) is 12.3. The molecule has 0 amide bonds. The second-order valence-electron chi connectivity index (χ2n) is 3.61. The molecule has 0 saturated carbocycles. The Balaban J connectivity index is 2.20. The molecule has 2 rings (SSSR count). The molecule has 0 unspecified atom stereocenters. The second kappa shape index (κ2) is 5.09. The van der Waals surface area contributed by atoms with Gasteiger partial charge in [-0.2, -0.15) is 0 Å². The van der Waals surface area contributed by atoms with Crippen LogP contribution < -0.4 is 10.6 Å². The minimum Gasteiger partial charge on any atom is -0.383 e. The van der Waals surface area contributed by atoms with E-state index in [0.29, 0.717) is 16.8 Å². The highest BCUT2D eigenvalue weighted by Gasteiger charge is 2.10. The van der Waals surface area contributed by atoms with E-state index < -0.39 is 0 Å². The van der Waals surface area contributed by atoms with Gasteiger partial charge >= 0.3 is 0 Å². The zero-order valence-electron chi connectivity index (χ0n) is 9.34. The van der Waals surface area contributed by atoms with Gasteiger partial charge < -0.3 is 10.6 Å². The fourth-order valence-corrected chi connectivity index (χ4v) is 1.99. The number of hydrogen-bond acceptors (Lipinski definition) is 5. The molecule has 0 fully saturated rings. The van der Waals surface area contributed by atoms with E-state index in [2.05, 4.69) is 30.9 Å². The van der Waals surface area contributed by atoms with E-state index in [-0.39, 0.29) is 0 Å². The van der Waals surface area contributed by atoms with Gasteiger partial charge in [-0.25, -0.2) is 9.97 Å². The lowest BCUT2D eigenvalue weighted by atomic mass is 10.3. The monoisotopic (exact) mass is 293 g/mol. The summed E-state index contributed by atoms with van der Waals surface area (Å²) in [4.78, 5) is 14.2. The van der Waals surface area contributed by atoms with Crippen molar-refractivity contribution < 1.29 is 0 Å². The largest absolute Gasteiger partial charge is 0.383 e. The van der Waals surface area contributed by atoms with E-state index in [4.69, 9.17) is 5.73 Å². The molecular weight excluding hydrogens is 282 g/mol. The highest BCUT2D eigenvalue weighted by atomic mass is 79.9. The Morgan fingerprint density at radius 1 is 1.41 bits per heavy atom. The van der Waals surface area contributed by atoms with Crippen molar-refractivity contribution in [3.8, 4) is 0 Å². The fourth-order valence-electron chi connectivity index (χ4n) is 1.48. The number of rotatable bonds is 3. The van der Waals surface area contributed by atoms with E-state index in [9.17, 15) is 0 Å². The number of nitrogens with zero attached hydrogens (tertiary/aromatic N) is 4. The van der Waals surface area contributed by atoms with Gasteiger partial charge in [-0.15, -0.1) is 0 Å². The summed E-state index contributed by atoms with van der Waals surface area (Å²) in [6, 6.07) is 3.93. The van der Waals surface area contributed by atoms with Crippen LogP contribution in [0.15, 0.2) is 35.3 Å². The van der Waals surface area contributed by atoms with Crippen LogP contribution in [0.25, 0.3) is 0 Å². The third-order valence-corrected chi connectivity index (χ3v) is 3.06. The highest BCUT2D eigenvalue weighted by molar-refractivity contribution is 9.10. The van der Waals surface area contributed by atoms with Crippen LogP contribution in [0, 0.1) is 0 Å². The molecule has 0 spiro atoms. The van der Waals surface area contributed by atoms with E-state index in [1.165, 1.54) is 6.33 Å². The van der Waals surface area contributed by atoms with Gasteiger partial charge in [0, 0.05) is 26.0 Å². The summed E-state index contributed by atoms with van der Waals surface area (Å²) in [7, 11) is 1.94. The first-order chi connectivity index (χ1) is 8.18. The van der Waals surface area contributed by atoms with Crippen LogP contribution >= 0.6 is 15.9 Å². The van der Waals surface area contributed by atoms with Gasteiger partial charge in [-0.3, -0.25) is 4.98 Å². The Morgan fingerprint density at radius 3 is 2.94 bits per heavy atom. The van der Waals surface area contributed by atoms with Crippen molar-refractivity contribution in [2.75, 3.05) is 17.7 Å². The summed E-state index contributed by atoms with van der Waals surface area (Å²) in [6.07, 6.45) is 5.03. The molecule has 0 aliphatic heterocycles. The van der Waals surface area contributed by atoms with Crippen LogP contribution in [0.4, 0.5) is 11.6 Å². The van der Waals surface area contributed by atoms with Crippen molar-refractivity contribution in [2.24, 2.45) is 0 Å². The van der Waals surface area contributed by atoms with Crippen molar-refractivity contribution in [2.45, 2.75) is 6.54 Å². The number of hydrogen-bond donors (Lipinski definition) is 1. The molecule has 2 aromatic heterocycles. The fraction of sp³-hybridized carbons (Fsp3) is 0.182. The number of anilines is 2. The quantitative estimate of drug-likeness (QED) is 0.935. The maximum Gasteiger partial charge on any atom is 0.148 e. The van der Waals surface area contributed by atoms with Gasteiger partial charge in [-0.1, -0.05) is 6.07 Å². The first-order valence-electron chi connectivity index (χ1n) is 5.04. The molecule has 5 nitrogen and oxygen atoms in total. The molecule has 88 valence electrons. The summed E-state index contributed by atoms with van der Waals surface area (Å²) < 4.78 is 0.714. The summed E-state index contributed by atoms with van der Waals surface area (Å²) in [5, 5.41) is 0. The summed E-state index contributed by atoms with van der Waals surface area (Å²) in [5.74, 6) is 1.20. The van der Waals surface area contributed by atoms with E-state index >= 15 is 0 Å². The normalized spacial score (nSPS) is 10.2. The van der Waals surface area contributed by atoms with Crippen LogP contribution in [-0.4, -0.2) is 22.0 Å². The van der Waals surface area contributed by atoms with Crippen LogP contribution in [0.1, 0.15) is 5.56 Å². The van der Waals surface area contributed by atoms with Gasteiger partial charge in [0.2, 0.25) is 0 Å². The third-order valence-electron chi connectivity index (χ3n) is 2.30. The number of pyridine rings is 1. The van der Waals surface area contributed by atoms with Gasteiger partial charge in [0.15, 0.2) is 0 Å². The molecule has 0 aromatic carbocycles. The van der Waals surface area contributed by atoms with Gasteiger partial charge in [0.25, 0.3) is 0 Å². The standard InChI is InChI=1S/C11H12BrN5/c1-17(6-8-3-2-4-14-5-8)11-9(12)10(13)15-7-16-11/h2-5,7H,6H2,1H3,(H2,13,15,16). The Morgan fingerprint density at radius 2 is 2.24 bits per heavy atom. The predicted molar refractivity (Wildman–Crippen MR) is 70.5 cm³/mol. The third kappa shape index (κ3) is 2.71. The molecule has 0 aliphatic rings. The van der Waals surface area contributed by atoms with E-state index in [1.807, 2.05) is 30.3 Å². The Bertz CT molecular complexity index is 502. The molecule has 17 heavy (non-hydrogen) atoms. The predicted octanol–water partition coefficient (Wildman–Crippen LogP) is 1.85. The molecule has 0 radical (unpaired) electrons. The molecule has 0 saturated heterocycles. The SMILES string of the molecule is CN(Cc1cccnc1)c1ncnc(N)c1Br. The lowest BCUT2D eigenvalue weighted by Gasteiger charge is -2.19. The second-order valence-corrected chi connectivity index (χ2v) is 4.41. The Labute approximate surface area is 108 Å². The minimum absolute atomic E-state index is 0.438. The average molecular weight is 294 g/mol. The molecule has 6 heteroatoms. The molecule has 2 aromatic rings. The molecule has 2 heterocycles. The van der Waals surface area contributed by atoms with Crippen molar-refractivity contribution >= 4 is 27.6 Å². The molecule has 0 bridgehead atoms. The smallest absolute Gasteiger partial charge is 0.148 e. The maximum atomic E-state index is 5.71. The first-order valence-corrected chi connectivity index (χ1v) is 5.84.